The van der Waals surface area contributed by atoms with Crippen molar-refractivity contribution in [2.45, 2.75) is 5.16 Å². The van der Waals surface area contributed by atoms with Crippen LogP contribution in [-0.2, 0) is 9.53 Å². The molecule has 0 aliphatic heterocycles. The van der Waals surface area contributed by atoms with Crippen LogP contribution in [0.3, 0.4) is 0 Å². The van der Waals surface area contributed by atoms with E-state index < -0.39 is 5.97 Å². The second kappa shape index (κ2) is 9.76. The van der Waals surface area contributed by atoms with Gasteiger partial charge in [0.15, 0.2) is 17.6 Å². The smallest absolute Gasteiger partial charge is 0.316 e. The van der Waals surface area contributed by atoms with Crippen LogP contribution in [0.1, 0.15) is 10.4 Å². The summed E-state index contributed by atoms with van der Waals surface area (Å²) in [6.07, 6.45) is 1.64. The molecule has 168 valence electrons. The van der Waals surface area contributed by atoms with E-state index in [0.29, 0.717) is 16.5 Å². The SMILES string of the molecule is O=C(CSc1nnc(-c2ccccc2)n1-c1ccccc1)OCC(=O)c1c[nH]c2ccccc12. The highest BCUT2D eigenvalue weighted by molar-refractivity contribution is 7.99. The molecule has 2 heterocycles. The molecule has 5 aromatic rings. The molecule has 0 bridgehead atoms. The monoisotopic (exact) mass is 468 g/mol. The average Bonchev–Trinajstić information content (AvgIpc) is 3.52. The Kier molecular flexibility index (Phi) is 6.22. The Labute approximate surface area is 199 Å². The second-order valence-corrected chi connectivity index (χ2v) is 8.41. The Balaban J connectivity index is 1.28. The third-order valence-electron chi connectivity index (χ3n) is 5.25. The van der Waals surface area contributed by atoms with Crippen molar-refractivity contribution >= 4 is 34.4 Å². The number of H-pyrrole nitrogens is 1. The normalized spacial score (nSPS) is 10.9. The number of benzene rings is 3. The summed E-state index contributed by atoms with van der Waals surface area (Å²) >= 11 is 1.21. The fraction of sp³-hybridized carbons (Fsp3) is 0.0769. The van der Waals surface area contributed by atoms with Crippen molar-refractivity contribution in [1.82, 2.24) is 19.7 Å². The summed E-state index contributed by atoms with van der Waals surface area (Å²) in [6, 6.07) is 27.0. The van der Waals surface area contributed by atoms with E-state index in [1.807, 2.05) is 89.5 Å². The Bertz CT molecular complexity index is 1440. The van der Waals surface area contributed by atoms with Gasteiger partial charge >= 0.3 is 5.97 Å². The van der Waals surface area contributed by atoms with Crippen LogP contribution in [-0.4, -0.2) is 43.9 Å². The summed E-state index contributed by atoms with van der Waals surface area (Å²) in [5.74, 6) is -0.0742. The molecule has 8 heteroatoms. The number of ketones is 1. The van der Waals surface area contributed by atoms with Crippen molar-refractivity contribution in [3.05, 3.63) is 96.7 Å². The molecule has 0 radical (unpaired) electrons. The van der Waals surface area contributed by atoms with Crippen molar-refractivity contribution < 1.29 is 14.3 Å². The van der Waals surface area contributed by atoms with Crippen LogP contribution in [0.2, 0.25) is 0 Å². The minimum Gasteiger partial charge on any atom is -0.457 e. The van der Waals surface area contributed by atoms with Gasteiger partial charge in [0.2, 0.25) is 5.78 Å². The quantitative estimate of drug-likeness (QED) is 0.197. The minimum absolute atomic E-state index is 0.000914. The van der Waals surface area contributed by atoms with Crippen LogP contribution in [0.4, 0.5) is 0 Å². The molecule has 7 nitrogen and oxygen atoms in total. The number of para-hydroxylation sites is 2. The standard InChI is InChI=1S/C26H20N4O3S/c31-23(21-15-27-22-14-8-7-13-20(21)22)16-33-24(32)17-34-26-29-28-25(18-9-3-1-4-10-18)30(26)19-11-5-2-6-12-19/h1-15,27H,16-17H2. The number of thioether (sulfide) groups is 1. The van der Waals surface area contributed by atoms with Crippen LogP contribution in [0, 0.1) is 0 Å². The van der Waals surface area contributed by atoms with Gasteiger partial charge in [-0.2, -0.15) is 0 Å². The van der Waals surface area contributed by atoms with Gasteiger partial charge in [-0.15, -0.1) is 10.2 Å². The maximum absolute atomic E-state index is 12.6. The number of hydrogen-bond acceptors (Lipinski definition) is 6. The van der Waals surface area contributed by atoms with E-state index in [9.17, 15) is 9.59 Å². The summed E-state index contributed by atoms with van der Waals surface area (Å²) < 4.78 is 7.16. The Morgan fingerprint density at radius 2 is 1.59 bits per heavy atom. The first-order chi connectivity index (χ1) is 16.7. The number of carbonyl (C=O) groups excluding carboxylic acids is 2. The maximum Gasteiger partial charge on any atom is 0.316 e. The highest BCUT2D eigenvalue weighted by atomic mass is 32.2. The third-order valence-corrected chi connectivity index (χ3v) is 6.16. The lowest BCUT2D eigenvalue weighted by Gasteiger charge is -2.10. The van der Waals surface area contributed by atoms with Crippen molar-refractivity contribution in [3.8, 4) is 17.1 Å². The zero-order valence-electron chi connectivity index (χ0n) is 18.0. The minimum atomic E-state index is -0.498. The van der Waals surface area contributed by atoms with Gasteiger partial charge in [-0.1, -0.05) is 78.5 Å². The van der Waals surface area contributed by atoms with Gasteiger partial charge in [-0.05, 0) is 18.2 Å². The predicted octanol–water partition coefficient (Wildman–Crippen LogP) is 4.93. The zero-order chi connectivity index (χ0) is 23.3. The molecule has 0 saturated carbocycles. The molecule has 2 aromatic heterocycles. The lowest BCUT2D eigenvalue weighted by molar-refractivity contribution is -0.139. The first-order valence-corrected chi connectivity index (χ1v) is 11.6. The van der Waals surface area contributed by atoms with Crippen LogP contribution in [0.15, 0.2) is 96.3 Å². The van der Waals surface area contributed by atoms with E-state index in [1.165, 1.54) is 11.8 Å². The first-order valence-electron chi connectivity index (χ1n) is 10.6. The number of ether oxygens (including phenoxy) is 1. The van der Waals surface area contributed by atoms with E-state index in [4.69, 9.17) is 4.74 Å². The Morgan fingerprint density at radius 1 is 0.882 bits per heavy atom. The number of esters is 1. The van der Waals surface area contributed by atoms with E-state index >= 15 is 0 Å². The van der Waals surface area contributed by atoms with Gasteiger partial charge in [0, 0.05) is 33.9 Å². The number of nitrogens with one attached hydrogen (secondary N) is 1. The number of rotatable bonds is 8. The Hall–Kier alpha value is -4.17. The molecule has 1 N–H and O–H groups in total. The maximum atomic E-state index is 12.6. The van der Waals surface area contributed by atoms with Gasteiger partial charge in [0.1, 0.15) is 0 Å². The van der Waals surface area contributed by atoms with E-state index in [2.05, 4.69) is 15.2 Å². The summed E-state index contributed by atoms with van der Waals surface area (Å²) in [4.78, 5) is 28.0. The topological polar surface area (TPSA) is 89.9 Å². The number of Topliss-reactive ketones (excluding diaryl/α,β-unsaturated/α-hetero) is 1. The molecule has 34 heavy (non-hydrogen) atoms. The van der Waals surface area contributed by atoms with Gasteiger partial charge in [-0.3, -0.25) is 14.2 Å². The van der Waals surface area contributed by atoms with Crippen LogP contribution >= 0.6 is 11.8 Å². The largest absolute Gasteiger partial charge is 0.457 e. The molecule has 0 unspecified atom stereocenters. The number of fused-ring (bicyclic) bond motifs is 1. The highest BCUT2D eigenvalue weighted by Gasteiger charge is 2.19. The number of hydrogen-bond donors (Lipinski definition) is 1. The van der Waals surface area contributed by atoms with E-state index in [0.717, 1.165) is 22.2 Å². The van der Waals surface area contributed by atoms with Gasteiger partial charge in [0.05, 0.1) is 5.75 Å². The predicted molar refractivity (Wildman–Crippen MR) is 131 cm³/mol. The van der Waals surface area contributed by atoms with E-state index in [1.54, 1.807) is 6.20 Å². The fourth-order valence-corrected chi connectivity index (χ4v) is 4.39. The number of nitrogens with zero attached hydrogens (tertiary/aromatic N) is 3. The van der Waals surface area contributed by atoms with Gasteiger partial charge in [-0.25, -0.2) is 0 Å². The fourth-order valence-electron chi connectivity index (χ4n) is 3.64. The second-order valence-electron chi connectivity index (χ2n) is 7.46. The summed E-state index contributed by atoms with van der Waals surface area (Å²) in [7, 11) is 0. The Morgan fingerprint density at radius 3 is 2.38 bits per heavy atom. The molecule has 5 rings (SSSR count). The average molecular weight is 469 g/mol. The van der Waals surface area contributed by atoms with Crippen molar-refractivity contribution in [2.75, 3.05) is 12.4 Å². The van der Waals surface area contributed by atoms with Gasteiger partial charge in [0.25, 0.3) is 0 Å². The van der Waals surface area contributed by atoms with Crippen molar-refractivity contribution in [1.29, 1.82) is 0 Å². The molecule has 0 aliphatic rings. The summed E-state index contributed by atoms with van der Waals surface area (Å²) in [6.45, 7) is -0.318. The molecule has 0 fully saturated rings. The number of aromatic nitrogens is 4. The lowest BCUT2D eigenvalue weighted by Crippen LogP contribution is -2.15. The molecule has 0 saturated heterocycles. The lowest BCUT2D eigenvalue weighted by atomic mass is 10.1. The van der Waals surface area contributed by atoms with Crippen molar-refractivity contribution in [3.63, 3.8) is 0 Å². The zero-order valence-corrected chi connectivity index (χ0v) is 18.9. The van der Waals surface area contributed by atoms with E-state index in [-0.39, 0.29) is 18.1 Å². The molecular weight excluding hydrogens is 448 g/mol. The molecular formula is C26H20N4O3S. The van der Waals surface area contributed by atoms with Crippen molar-refractivity contribution in [2.24, 2.45) is 0 Å². The molecule has 0 atom stereocenters. The number of aromatic amines is 1. The van der Waals surface area contributed by atoms with Crippen LogP contribution in [0.25, 0.3) is 28.0 Å². The molecule has 0 spiro atoms. The molecule has 3 aromatic carbocycles. The molecule has 0 aliphatic carbocycles. The van der Waals surface area contributed by atoms with Gasteiger partial charge < -0.3 is 9.72 Å². The number of carbonyl (C=O) groups is 2. The molecule has 0 amide bonds. The first kappa shape index (κ1) is 21.7. The third kappa shape index (κ3) is 4.49. The van der Waals surface area contributed by atoms with Crippen LogP contribution in [0.5, 0.6) is 0 Å². The van der Waals surface area contributed by atoms with Crippen LogP contribution < -0.4 is 0 Å². The summed E-state index contributed by atoms with van der Waals surface area (Å²) in [5, 5.41) is 10.0. The highest BCUT2D eigenvalue weighted by Crippen LogP contribution is 2.28. The summed E-state index contributed by atoms with van der Waals surface area (Å²) in [5.41, 5.74) is 3.17.